The van der Waals surface area contributed by atoms with Gasteiger partial charge >= 0.3 is 5.97 Å². The molecule has 0 saturated heterocycles. The number of hydrogen-bond acceptors (Lipinski definition) is 2. The summed E-state index contributed by atoms with van der Waals surface area (Å²) in [5.41, 5.74) is 0. The van der Waals surface area contributed by atoms with Gasteiger partial charge in [-0.3, -0.25) is 0 Å². The van der Waals surface area contributed by atoms with E-state index < -0.39 is 20.0 Å². The van der Waals surface area contributed by atoms with E-state index in [1.54, 1.807) is 30.3 Å². The molecule has 0 saturated carbocycles. The fourth-order valence-corrected chi connectivity index (χ4v) is 3.42. The lowest BCUT2D eigenvalue weighted by Crippen LogP contribution is -2.51. The number of benzene rings is 1. The Balaban J connectivity index is 2.59. The van der Waals surface area contributed by atoms with Crippen LogP contribution in [-0.2, 0) is 4.79 Å². The van der Waals surface area contributed by atoms with Crippen LogP contribution in [0, 0.1) is 0 Å². The number of carbonyl (C=O) groups excluding carboxylic acids is 1. The lowest BCUT2D eigenvalue weighted by atomic mass is 10.1. The maximum Gasteiger partial charge on any atom is 0.351 e. The molecule has 0 aliphatic rings. The number of esters is 1. The van der Waals surface area contributed by atoms with Gasteiger partial charge in [-0.2, -0.15) is 0 Å². The van der Waals surface area contributed by atoms with E-state index in [-0.39, 0.29) is 0 Å². The summed E-state index contributed by atoms with van der Waals surface area (Å²) in [7, 11) is 0. The van der Waals surface area contributed by atoms with Crippen LogP contribution in [0.2, 0.25) is 0 Å². The zero-order valence-electron chi connectivity index (χ0n) is 14.1. The third-order valence-corrected chi connectivity index (χ3v) is 6.99. The highest BCUT2D eigenvalue weighted by molar-refractivity contribution is 6.70. The second kappa shape index (κ2) is 11.1. The van der Waals surface area contributed by atoms with Crippen molar-refractivity contribution in [1.29, 1.82) is 0 Å². The molecule has 0 aliphatic carbocycles. The quantitative estimate of drug-likeness (QED) is 0.154. The van der Waals surface area contributed by atoms with E-state index in [1.165, 1.54) is 19.3 Å². The molecule has 0 N–H and O–H groups in total. The highest BCUT2D eigenvalue weighted by Gasteiger charge is 2.58. The second-order valence-corrected chi connectivity index (χ2v) is 9.16. The van der Waals surface area contributed by atoms with Crippen molar-refractivity contribution in [3.8, 4) is 5.75 Å². The Morgan fingerprint density at radius 1 is 1.00 bits per heavy atom. The van der Waals surface area contributed by atoms with Crippen LogP contribution in [0.1, 0.15) is 51.9 Å². The average molecular weight is 449 g/mol. The van der Waals surface area contributed by atoms with Crippen molar-refractivity contribution in [2.24, 2.45) is 0 Å². The minimum Gasteiger partial charge on any atom is -0.424 e. The van der Waals surface area contributed by atoms with E-state index in [2.05, 4.69) is 6.92 Å². The molecule has 1 rings (SSSR count). The van der Waals surface area contributed by atoms with Crippen molar-refractivity contribution in [3.63, 3.8) is 0 Å². The van der Waals surface area contributed by atoms with Gasteiger partial charge in [-0.25, -0.2) is 4.79 Å². The van der Waals surface area contributed by atoms with Crippen LogP contribution < -0.4 is 4.74 Å². The highest BCUT2D eigenvalue weighted by Crippen LogP contribution is 2.49. The monoisotopic (exact) mass is 446 g/mol. The lowest BCUT2D eigenvalue weighted by Gasteiger charge is -2.34. The first-order chi connectivity index (χ1) is 11.7. The van der Waals surface area contributed by atoms with Gasteiger partial charge in [-0.1, -0.05) is 110 Å². The molecule has 0 heterocycles. The number of carbonyl (C=O) groups is 1. The van der Waals surface area contributed by atoms with Crippen LogP contribution in [0.5, 0.6) is 5.75 Å². The maximum atomic E-state index is 12.3. The van der Waals surface area contributed by atoms with Gasteiger partial charge < -0.3 is 4.74 Å². The summed E-state index contributed by atoms with van der Waals surface area (Å²) >= 11 is 31.1. The van der Waals surface area contributed by atoms with Crippen molar-refractivity contribution in [1.82, 2.24) is 0 Å². The topological polar surface area (TPSA) is 26.3 Å². The van der Waals surface area contributed by atoms with Crippen LogP contribution in [0.25, 0.3) is 0 Å². The third-order valence-electron chi connectivity index (χ3n) is 3.83. The molecular formula is C18H23Cl5O2. The van der Waals surface area contributed by atoms with E-state index in [4.69, 9.17) is 62.7 Å². The van der Waals surface area contributed by atoms with Gasteiger partial charge in [0.2, 0.25) is 4.33 Å². The predicted octanol–water partition coefficient (Wildman–Crippen LogP) is 7.30. The number of rotatable bonds is 11. The SMILES string of the molecule is CCCCCCCCC(Cl)C(Cl)(Cl)C(Cl)(Cl)C(=O)Oc1ccccc1. The minimum absolute atomic E-state index is 0.296. The Bertz CT molecular complexity index is 519. The maximum absolute atomic E-state index is 12.3. The molecule has 2 nitrogen and oxygen atoms in total. The Morgan fingerprint density at radius 3 is 2.16 bits per heavy atom. The summed E-state index contributed by atoms with van der Waals surface area (Å²) in [5.74, 6) is -0.662. The average Bonchev–Trinajstić information content (AvgIpc) is 2.58. The molecule has 1 atom stereocenters. The van der Waals surface area contributed by atoms with Crippen molar-refractivity contribution in [3.05, 3.63) is 30.3 Å². The van der Waals surface area contributed by atoms with Gasteiger partial charge in [0, 0.05) is 0 Å². The van der Waals surface area contributed by atoms with Gasteiger partial charge in [0.1, 0.15) is 5.75 Å². The molecule has 0 aromatic heterocycles. The molecule has 1 aromatic rings. The summed E-state index contributed by atoms with van der Waals surface area (Å²) in [4.78, 5) is 12.3. The van der Waals surface area contributed by atoms with Crippen LogP contribution in [0.3, 0.4) is 0 Å². The van der Waals surface area contributed by atoms with E-state index in [0.29, 0.717) is 12.2 Å². The van der Waals surface area contributed by atoms with Crippen LogP contribution >= 0.6 is 58.0 Å². The summed E-state index contributed by atoms with van der Waals surface area (Å²) < 4.78 is 1.08. The van der Waals surface area contributed by atoms with Crippen molar-refractivity contribution in [2.45, 2.75) is 65.9 Å². The van der Waals surface area contributed by atoms with Crippen LogP contribution in [-0.4, -0.2) is 20.0 Å². The molecule has 0 amide bonds. The normalized spacial score (nSPS) is 13.5. The van der Waals surface area contributed by atoms with Crippen molar-refractivity contribution in [2.75, 3.05) is 0 Å². The molecule has 0 spiro atoms. The van der Waals surface area contributed by atoms with Crippen molar-refractivity contribution >= 4 is 64.0 Å². The Kier molecular flexibility index (Phi) is 10.3. The third kappa shape index (κ3) is 6.99. The molecule has 25 heavy (non-hydrogen) atoms. The first-order valence-corrected chi connectivity index (χ1v) is 10.3. The molecule has 1 aromatic carbocycles. The summed E-state index contributed by atoms with van der Waals surface area (Å²) in [5, 5.41) is -0.791. The summed E-state index contributed by atoms with van der Waals surface area (Å²) in [6.07, 6.45) is 7.06. The Labute approximate surface area is 175 Å². The number of unbranched alkanes of at least 4 members (excludes halogenated alkanes) is 5. The smallest absolute Gasteiger partial charge is 0.351 e. The Morgan fingerprint density at radius 2 is 1.56 bits per heavy atom. The minimum atomic E-state index is -2.19. The molecular weight excluding hydrogens is 425 g/mol. The fourth-order valence-electron chi connectivity index (χ4n) is 2.28. The molecule has 142 valence electrons. The van der Waals surface area contributed by atoms with Gasteiger partial charge in [0.05, 0.1) is 5.38 Å². The zero-order chi connectivity index (χ0) is 18.9. The molecule has 0 radical (unpaired) electrons. The molecule has 0 fully saturated rings. The fraction of sp³-hybridized carbons (Fsp3) is 0.611. The van der Waals surface area contributed by atoms with Gasteiger partial charge in [0.25, 0.3) is 0 Å². The summed E-state index contributed by atoms with van der Waals surface area (Å²) in [6, 6.07) is 8.41. The van der Waals surface area contributed by atoms with E-state index in [0.717, 1.165) is 19.3 Å². The predicted molar refractivity (Wildman–Crippen MR) is 109 cm³/mol. The van der Waals surface area contributed by atoms with Crippen LogP contribution in [0.4, 0.5) is 0 Å². The number of alkyl halides is 5. The highest BCUT2D eigenvalue weighted by atomic mass is 35.5. The van der Waals surface area contributed by atoms with Gasteiger partial charge in [-0.05, 0) is 18.6 Å². The lowest BCUT2D eigenvalue weighted by molar-refractivity contribution is -0.135. The number of hydrogen-bond donors (Lipinski definition) is 0. The number of para-hydroxylation sites is 1. The van der Waals surface area contributed by atoms with E-state index in [1.807, 2.05) is 0 Å². The largest absolute Gasteiger partial charge is 0.424 e. The molecule has 7 heteroatoms. The Hall–Kier alpha value is 0.140. The van der Waals surface area contributed by atoms with Crippen molar-refractivity contribution < 1.29 is 9.53 Å². The van der Waals surface area contributed by atoms with Gasteiger partial charge in [-0.15, -0.1) is 11.6 Å². The molecule has 1 unspecified atom stereocenters. The standard InChI is InChI=1S/C18H23Cl5O2/c1-2-3-4-5-6-10-13-15(19)17(20,21)18(22,23)16(24)25-14-11-8-7-9-12-14/h7-9,11-12,15H,2-6,10,13H2,1H3. The number of ether oxygens (including phenoxy) is 1. The summed E-state index contributed by atoms with van der Waals surface area (Å²) in [6.45, 7) is 2.17. The van der Waals surface area contributed by atoms with E-state index >= 15 is 0 Å². The molecule has 0 aliphatic heterocycles. The first-order valence-electron chi connectivity index (χ1n) is 8.40. The molecule has 0 bridgehead atoms. The second-order valence-electron chi connectivity index (χ2n) is 5.92. The van der Waals surface area contributed by atoms with Crippen LogP contribution in [0.15, 0.2) is 30.3 Å². The number of halogens is 5. The first kappa shape index (κ1) is 23.2. The van der Waals surface area contributed by atoms with E-state index in [9.17, 15) is 4.79 Å². The van der Waals surface area contributed by atoms with Gasteiger partial charge in [0.15, 0.2) is 4.33 Å². The zero-order valence-corrected chi connectivity index (χ0v) is 17.9.